The number of esters is 1. The molecule has 11 nitrogen and oxygen atoms in total. The van der Waals surface area contributed by atoms with Gasteiger partial charge in [0, 0.05) is 18.3 Å². The van der Waals surface area contributed by atoms with Crippen LogP contribution in [0.25, 0.3) is 0 Å². The molecule has 0 saturated carbocycles. The molecule has 0 aromatic rings. The van der Waals surface area contributed by atoms with Crippen molar-refractivity contribution in [3.8, 4) is 0 Å². The van der Waals surface area contributed by atoms with Gasteiger partial charge in [-0.3, -0.25) is 0 Å². The van der Waals surface area contributed by atoms with Gasteiger partial charge in [0.1, 0.15) is 24.4 Å². The van der Waals surface area contributed by atoms with Gasteiger partial charge in [-0.1, -0.05) is 6.08 Å². The van der Waals surface area contributed by atoms with E-state index in [9.17, 15) is 35.4 Å². The molecule has 0 spiro atoms. The van der Waals surface area contributed by atoms with Crippen molar-refractivity contribution in [2.24, 2.45) is 11.8 Å². The second kappa shape index (κ2) is 9.76. The van der Waals surface area contributed by atoms with Crippen LogP contribution in [-0.4, -0.2) is 93.6 Å². The van der Waals surface area contributed by atoms with Crippen LogP contribution < -0.4 is 0 Å². The van der Waals surface area contributed by atoms with Crippen molar-refractivity contribution in [2.45, 2.75) is 49.7 Å². The van der Waals surface area contributed by atoms with Gasteiger partial charge in [0.15, 0.2) is 12.6 Å². The molecule has 1 saturated heterocycles. The zero-order valence-corrected chi connectivity index (χ0v) is 15.2. The van der Waals surface area contributed by atoms with Gasteiger partial charge in [-0.05, 0) is 0 Å². The van der Waals surface area contributed by atoms with Crippen molar-refractivity contribution >= 4 is 5.97 Å². The van der Waals surface area contributed by atoms with E-state index in [1.165, 1.54) is 6.08 Å². The summed E-state index contributed by atoms with van der Waals surface area (Å²) in [5.41, 5.74) is 0.0363. The number of methoxy groups -OCH3 is 1. The SMILES string of the molecule is C=CC1C(OC2OC(CO)C(O)C(O)C2O)OC=C(C(=O)OC)C1CC(O)O. The highest BCUT2D eigenvalue weighted by Crippen LogP contribution is 2.37. The van der Waals surface area contributed by atoms with Gasteiger partial charge >= 0.3 is 5.97 Å². The van der Waals surface area contributed by atoms with Crippen LogP contribution >= 0.6 is 0 Å². The van der Waals surface area contributed by atoms with E-state index in [1.807, 2.05) is 0 Å². The van der Waals surface area contributed by atoms with E-state index in [-0.39, 0.29) is 12.0 Å². The van der Waals surface area contributed by atoms with Crippen molar-refractivity contribution in [3.63, 3.8) is 0 Å². The van der Waals surface area contributed by atoms with Crippen LogP contribution in [0.5, 0.6) is 0 Å². The maximum Gasteiger partial charge on any atom is 0.337 e. The van der Waals surface area contributed by atoms with Gasteiger partial charge in [-0.25, -0.2) is 4.79 Å². The third kappa shape index (κ3) is 4.70. The number of ether oxygens (including phenoxy) is 4. The molecule has 6 N–H and O–H groups in total. The quantitative estimate of drug-likeness (QED) is 0.148. The minimum atomic E-state index is -1.74. The highest BCUT2D eigenvalue weighted by molar-refractivity contribution is 5.88. The Balaban J connectivity index is 2.23. The van der Waals surface area contributed by atoms with E-state index in [4.69, 9.17) is 14.2 Å². The molecular formula is C17H26O11. The molecule has 2 aliphatic rings. The molecule has 8 atom stereocenters. The average molecular weight is 406 g/mol. The van der Waals surface area contributed by atoms with Crippen LogP contribution in [0.4, 0.5) is 0 Å². The van der Waals surface area contributed by atoms with Gasteiger partial charge < -0.3 is 49.6 Å². The van der Waals surface area contributed by atoms with Crippen molar-refractivity contribution in [1.82, 2.24) is 0 Å². The fourth-order valence-electron chi connectivity index (χ4n) is 3.25. The van der Waals surface area contributed by atoms with E-state index >= 15 is 0 Å². The Labute approximate surface area is 161 Å². The molecule has 1 fully saturated rings. The maximum absolute atomic E-state index is 12.0. The summed E-state index contributed by atoms with van der Waals surface area (Å²) in [6.07, 6.45) is -8.26. The third-order valence-electron chi connectivity index (χ3n) is 4.78. The Morgan fingerprint density at radius 2 is 1.93 bits per heavy atom. The Hall–Kier alpha value is -1.57. The third-order valence-corrected chi connectivity index (χ3v) is 4.78. The zero-order valence-electron chi connectivity index (χ0n) is 15.2. The van der Waals surface area contributed by atoms with Crippen molar-refractivity contribution in [3.05, 3.63) is 24.5 Å². The van der Waals surface area contributed by atoms with Crippen LogP contribution in [0.2, 0.25) is 0 Å². The minimum Gasteiger partial charge on any atom is -0.471 e. The molecule has 0 bridgehead atoms. The lowest BCUT2D eigenvalue weighted by Gasteiger charge is -2.43. The largest absolute Gasteiger partial charge is 0.471 e. The molecule has 160 valence electrons. The second-order valence-electron chi connectivity index (χ2n) is 6.54. The molecular weight excluding hydrogens is 380 g/mol. The summed E-state index contributed by atoms with van der Waals surface area (Å²) in [6.45, 7) is 3.01. The number of hydrogen-bond donors (Lipinski definition) is 6. The van der Waals surface area contributed by atoms with Crippen LogP contribution in [-0.2, 0) is 23.7 Å². The van der Waals surface area contributed by atoms with E-state index in [1.54, 1.807) is 0 Å². The lowest BCUT2D eigenvalue weighted by Crippen LogP contribution is -2.60. The number of aliphatic hydroxyl groups excluding tert-OH is 5. The normalized spacial score (nSPS) is 38.5. The topological polar surface area (TPSA) is 175 Å². The van der Waals surface area contributed by atoms with Crippen molar-refractivity contribution in [2.75, 3.05) is 13.7 Å². The number of aliphatic hydroxyl groups is 6. The molecule has 2 heterocycles. The first kappa shape index (κ1) is 22.7. The molecule has 0 amide bonds. The van der Waals surface area contributed by atoms with Crippen LogP contribution in [0, 0.1) is 11.8 Å². The second-order valence-corrected chi connectivity index (χ2v) is 6.54. The molecule has 2 rings (SSSR count). The monoisotopic (exact) mass is 406 g/mol. The van der Waals surface area contributed by atoms with Gasteiger partial charge in [0.25, 0.3) is 0 Å². The number of hydrogen-bond acceptors (Lipinski definition) is 11. The van der Waals surface area contributed by atoms with E-state index < -0.39 is 67.7 Å². The molecule has 0 radical (unpaired) electrons. The summed E-state index contributed by atoms with van der Waals surface area (Å²) in [7, 11) is 1.16. The Bertz CT molecular complexity index is 575. The van der Waals surface area contributed by atoms with E-state index in [0.29, 0.717) is 0 Å². The van der Waals surface area contributed by atoms with Crippen molar-refractivity contribution < 1.29 is 54.4 Å². The summed E-state index contributed by atoms with van der Waals surface area (Å²) in [5.74, 6) is -2.31. The molecule has 28 heavy (non-hydrogen) atoms. The Morgan fingerprint density at radius 1 is 1.25 bits per heavy atom. The smallest absolute Gasteiger partial charge is 0.337 e. The van der Waals surface area contributed by atoms with Crippen LogP contribution in [0.3, 0.4) is 0 Å². The summed E-state index contributed by atoms with van der Waals surface area (Å²) in [6, 6.07) is 0. The first-order valence-electron chi connectivity index (χ1n) is 8.63. The molecule has 0 aliphatic carbocycles. The standard InChI is InChI=1S/C17H26O11/c1-3-7-8(4-11(19)20)9(15(24)25-2)6-26-16(7)28-17-14(23)13(22)12(21)10(5-18)27-17/h3,6-8,10-14,16-23H,1,4-5H2,2H3. The predicted molar refractivity (Wildman–Crippen MR) is 89.8 cm³/mol. The summed E-state index contributed by atoms with van der Waals surface area (Å²) in [5, 5.41) is 57.8. The lowest BCUT2D eigenvalue weighted by atomic mass is 9.81. The lowest BCUT2D eigenvalue weighted by molar-refractivity contribution is -0.339. The van der Waals surface area contributed by atoms with Crippen LogP contribution in [0.15, 0.2) is 24.5 Å². The molecule has 0 aromatic carbocycles. The first-order chi connectivity index (χ1) is 13.2. The first-order valence-corrected chi connectivity index (χ1v) is 8.63. The zero-order chi connectivity index (χ0) is 21.0. The number of rotatable bonds is 7. The summed E-state index contributed by atoms with van der Waals surface area (Å²) in [4.78, 5) is 12.0. The van der Waals surface area contributed by atoms with Gasteiger partial charge in [0.05, 0.1) is 25.6 Å². The van der Waals surface area contributed by atoms with Gasteiger partial charge in [-0.2, -0.15) is 0 Å². The molecule has 0 aromatic heterocycles. The Kier molecular flexibility index (Phi) is 7.92. The fourth-order valence-corrected chi connectivity index (χ4v) is 3.25. The fraction of sp³-hybridized carbons (Fsp3) is 0.706. The molecule has 2 aliphatic heterocycles. The van der Waals surface area contributed by atoms with Crippen molar-refractivity contribution in [1.29, 1.82) is 0 Å². The van der Waals surface area contributed by atoms with Gasteiger partial charge in [0.2, 0.25) is 6.29 Å². The van der Waals surface area contributed by atoms with Crippen LogP contribution in [0.1, 0.15) is 6.42 Å². The maximum atomic E-state index is 12.0. The Morgan fingerprint density at radius 3 is 2.46 bits per heavy atom. The summed E-state index contributed by atoms with van der Waals surface area (Å²) < 4.78 is 20.9. The number of carbonyl (C=O) groups excluding carboxylic acids is 1. The average Bonchev–Trinajstić information content (AvgIpc) is 2.67. The minimum absolute atomic E-state index is 0.0363. The number of carbonyl (C=O) groups is 1. The highest BCUT2D eigenvalue weighted by Gasteiger charge is 2.47. The summed E-state index contributed by atoms with van der Waals surface area (Å²) >= 11 is 0. The predicted octanol–water partition coefficient (Wildman–Crippen LogP) is -2.66. The molecule has 11 heteroatoms. The van der Waals surface area contributed by atoms with Gasteiger partial charge in [-0.15, -0.1) is 6.58 Å². The molecule has 8 unspecified atom stereocenters. The van der Waals surface area contributed by atoms with E-state index in [2.05, 4.69) is 11.3 Å². The highest BCUT2D eigenvalue weighted by atomic mass is 16.8. The van der Waals surface area contributed by atoms with E-state index in [0.717, 1.165) is 13.4 Å².